The lowest BCUT2D eigenvalue weighted by Gasteiger charge is -2.35. The van der Waals surface area contributed by atoms with Gasteiger partial charge in [0, 0.05) is 39.3 Å². The second-order valence-electron chi connectivity index (χ2n) is 4.56. The zero-order valence-corrected chi connectivity index (χ0v) is 11.0. The summed E-state index contributed by atoms with van der Waals surface area (Å²) in [5.74, 6) is 1.01. The van der Waals surface area contributed by atoms with Crippen LogP contribution < -0.4 is 0 Å². The molecule has 90 valence electrons. The summed E-state index contributed by atoms with van der Waals surface area (Å²) in [6.07, 6.45) is 1.22. The molecule has 0 aromatic heterocycles. The molecule has 1 aliphatic heterocycles. The Kier molecular flexibility index (Phi) is 6.64. The van der Waals surface area contributed by atoms with Crippen molar-refractivity contribution < 1.29 is 0 Å². The maximum atomic E-state index is 4.25. The highest BCUT2D eigenvalue weighted by Crippen LogP contribution is 2.02. The molecule has 0 spiro atoms. The zero-order valence-electron chi connectivity index (χ0n) is 10.2. The van der Waals surface area contributed by atoms with Gasteiger partial charge in [0.1, 0.15) is 0 Å². The average molecular weight is 231 g/mol. The largest absolute Gasteiger partial charge is 0.308 e. The van der Waals surface area contributed by atoms with Gasteiger partial charge in [0.2, 0.25) is 0 Å². The molecule has 0 atom stereocenters. The molecular weight excluding hydrogens is 206 g/mol. The van der Waals surface area contributed by atoms with E-state index in [1.807, 2.05) is 0 Å². The molecule has 1 rings (SSSR count). The van der Waals surface area contributed by atoms with Gasteiger partial charge in [-0.15, -0.1) is 0 Å². The van der Waals surface area contributed by atoms with Gasteiger partial charge in [-0.3, -0.25) is 4.90 Å². The van der Waals surface area contributed by atoms with E-state index in [9.17, 15) is 0 Å². The molecule has 4 heteroatoms. The van der Waals surface area contributed by atoms with Gasteiger partial charge in [-0.05, 0) is 32.8 Å². The Hall–Kier alpha value is 0.230. The Labute approximate surface area is 99.8 Å². The fourth-order valence-corrected chi connectivity index (χ4v) is 2.01. The number of likely N-dealkylation sites (N-methyl/N-ethyl adjacent to an activating group) is 1. The molecule has 0 aromatic carbocycles. The van der Waals surface area contributed by atoms with Crippen molar-refractivity contribution in [2.24, 2.45) is 0 Å². The highest BCUT2D eigenvalue weighted by molar-refractivity contribution is 7.80. The van der Waals surface area contributed by atoms with Crippen molar-refractivity contribution in [2.45, 2.75) is 6.42 Å². The van der Waals surface area contributed by atoms with Crippen molar-refractivity contribution >= 4 is 12.6 Å². The Bertz CT molecular complexity index is 156. The standard InChI is InChI=1S/C11H25N3S/c1-12(2)5-6-14-9-7-13(8-10-14)4-3-11-15/h15H,3-11H2,1-2H3. The van der Waals surface area contributed by atoms with Gasteiger partial charge < -0.3 is 9.80 Å². The number of hydrogen-bond acceptors (Lipinski definition) is 4. The quantitative estimate of drug-likeness (QED) is 0.667. The molecule has 15 heavy (non-hydrogen) atoms. The minimum Gasteiger partial charge on any atom is -0.308 e. The predicted molar refractivity (Wildman–Crippen MR) is 69.9 cm³/mol. The maximum Gasteiger partial charge on any atom is 0.0110 e. The van der Waals surface area contributed by atoms with Crippen LogP contribution in [0.4, 0.5) is 0 Å². The fraction of sp³-hybridized carbons (Fsp3) is 1.00. The summed E-state index contributed by atoms with van der Waals surface area (Å²) >= 11 is 4.25. The normalized spacial score (nSPS) is 20.0. The summed E-state index contributed by atoms with van der Waals surface area (Å²) in [4.78, 5) is 7.38. The lowest BCUT2D eigenvalue weighted by molar-refractivity contribution is 0.126. The first-order valence-electron chi connectivity index (χ1n) is 5.92. The predicted octanol–water partition coefficient (Wildman–Crippen LogP) is 0.485. The number of thiol groups is 1. The van der Waals surface area contributed by atoms with E-state index >= 15 is 0 Å². The summed E-state index contributed by atoms with van der Waals surface area (Å²) in [6.45, 7) is 8.57. The summed E-state index contributed by atoms with van der Waals surface area (Å²) in [5.41, 5.74) is 0. The van der Waals surface area contributed by atoms with Crippen LogP contribution >= 0.6 is 12.6 Å². The molecule has 1 fully saturated rings. The monoisotopic (exact) mass is 231 g/mol. The SMILES string of the molecule is CN(C)CCN1CCN(CCCS)CC1. The van der Waals surface area contributed by atoms with Crippen LogP contribution in [0.1, 0.15) is 6.42 Å². The summed E-state index contributed by atoms with van der Waals surface area (Å²) < 4.78 is 0. The van der Waals surface area contributed by atoms with Crippen molar-refractivity contribution in [1.82, 2.24) is 14.7 Å². The molecule has 0 aliphatic carbocycles. The van der Waals surface area contributed by atoms with E-state index in [0.717, 1.165) is 5.75 Å². The van der Waals surface area contributed by atoms with Crippen molar-refractivity contribution in [3.8, 4) is 0 Å². The first-order chi connectivity index (χ1) is 7.22. The van der Waals surface area contributed by atoms with E-state index in [2.05, 4.69) is 41.4 Å². The molecule has 1 saturated heterocycles. The molecule has 0 N–H and O–H groups in total. The number of hydrogen-bond donors (Lipinski definition) is 1. The van der Waals surface area contributed by atoms with Gasteiger partial charge in [0.05, 0.1) is 0 Å². The molecule has 1 aliphatic rings. The van der Waals surface area contributed by atoms with Gasteiger partial charge in [-0.25, -0.2) is 0 Å². The molecule has 3 nitrogen and oxygen atoms in total. The molecular formula is C11H25N3S. The minimum atomic E-state index is 1.01. The van der Waals surface area contributed by atoms with E-state index in [0.29, 0.717) is 0 Å². The van der Waals surface area contributed by atoms with Crippen LogP contribution in [0, 0.1) is 0 Å². The van der Waals surface area contributed by atoms with Crippen LogP contribution in [0.5, 0.6) is 0 Å². The van der Waals surface area contributed by atoms with Crippen LogP contribution in [0.25, 0.3) is 0 Å². The Balaban J connectivity index is 2.07. The smallest absolute Gasteiger partial charge is 0.0110 e. The lowest BCUT2D eigenvalue weighted by Crippen LogP contribution is -2.48. The van der Waals surface area contributed by atoms with Gasteiger partial charge in [0.25, 0.3) is 0 Å². The third kappa shape index (κ3) is 5.76. The molecule has 0 radical (unpaired) electrons. The van der Waals surface area contributed by atoms with Crippen molar-refractivity contribution in [3.63, 3.8) is 0 Å². The summed E-state index contributed by atoms with van der Waals surface area (Å²) in [6, 6.07) is 0. The molecule has 0 unspecified atom stereocenters. The number of piperazine rings is 1. The van der Waals surface area contributed by atoms with Gasteiger partial charge in [-0.2, -0.15) is 12.6 Å². The van der Waals surface area contributed by atoms with Crippen LogP contribution in [0.3, 0.4) is 0 Å². The summed E-state index contributed by atoms with van der Waals surface area (Å²) in [5, 5.41) is 0. The van der Waals surface area contributed by atoms with Crippen LogP contribution in [-0.4, -0.2) is 80.4 Å². The second-order valence-corrected chi connectivity index (χ2v) is 5.01. The first kappa shape index (κ1) is 13.3. The van der Waals surface area contributed by atoms with E-state index in [1.165, 1.54) is 52.2 Å². The Morgan fingerprint density at radius 3 is 2.00 bits per heavy atom. The zero-order chi connectivity index (χ0) is 11.1. The number of nitrogens with zero attached hydrogens (tertiary/aromatic N) is 3. The fourth-order valence-electron chi connectivity index (χ4n) is 1.87. The molecule has 0 bridgehead atoms. The molecule has 1 heterocycles. The van der Waals surface area contributed by atoms with Gasteiger partial charge in [0.15, 0.2) is 0 Å². The first-order valence-corrected chi connectivity index (χ1v) is 6.56. The highest BCUT2D eigenvalue weighted by atomic mass is 32.1. The third-order valence-electron chi connectivity index (χ3n) is 2.96. The highest BCUT2D eigenvalue weighted by Gasteiger charge is 2.15. The van der Waals surface area contributed by atoms with E-state index in [1.54, 1.807) is 0 Å². The molecule has 0 aromatic rings. The molecule has 0 saturated carbocycles. The maximum absolute atomic E-state index is 4.25. The van der Waals surface area contributed by atoms with Crippen LogP contribution in [-0.2, 0) is 0 Å². The second kappa shape index (κ2) is 7.49. The van der Waals surface area contributed by atoms with Gasteiger partial charge >= 0.3 is 0 Å². The van der Waals surface area contributed by atoms with Gasteiger partial charge in [-0.1, -0.05) is 0 Å². The van der Waals surface area contributed by atoms with Crippen molar-refractivity contribution in [3.05, 3.63) is 0 Å². The van der Waals surface area contributed by atoms with Crippen molar-refractivity contribution in [1.29, 1.82) is 0 Å². The Morgan fingerprint density at radius 2 is 1.53 bits per heavy atom. The number of rotatable bonds is 6. The Morgan fingerprint density at radius 1 is 1.00 bits per heavy atom. The van der Waals surface area contributed by atoms with Crippen LogP contribution in [0.2, 0.25) is 0 Å². The molecule has 0 amide bonds. The van der Waals surface area contributed by atoms with E-state index < -0.39 is 0 Å². The summed E-state index contributed by atoms with van der Waals surface area (Å²) in [7, 11) is 4.28. The van der Waals surface area contributed by atoms with E-state index in [-0.39, 0.29) is 0 Å². The topological polar surface area (TPSA) is 9.72 Å². The van der Waals surface area contributed by atoms with Crippen LogP contribution in [0.15, 0.2) is 0 Å². The van der Waals surface area contributed by atoms with E-state index in [4.69, 9.17) is 0 Å². The van der Waals surface area contributed by atoms with Crippen molar-refractivity contribution in [2.75, 3.05) is 65.7 Å². The average Bonchev–Trinajstić information content (AvgIpc) is 2.25. The third-order valence-corrected chi connectivity index (χ3v) is 3.28. The minimum absolute atomic E-state index is 1.01. The lowest BCUT2D eigenvalue weighted by atomic mass is 10.3.